The number of rotatable bonds is 3. The Bertz CT molecular complexity index is 1090. The summed E-state index contributed by atoms with van der Waals surface area (Å²) >= 11 is 6.23. The highest BCUT2D eigenvalue weighted by atomic mass is 35.5. The number of pyridine rings is 1. The van der Waals surface area contributed by atoms with E-state index in [1.807, 2.05) is 31.2 Å². The first-order valence-corrected chi connectivity index (χ1v) is 11.0. The molecule has 3 aromatic rings. The molecule has 2 heterocycles. The minimum atomic E-state index is -3.69. The van der Waals surface area contributed by atoms with E-state index in [0.29, 0.717) is 5.02 Å². The van der Waals surface area contributed by atoms with Gasteiger partial charge in [-0.05, 0) is 56.5 Å². The highest BCUT2D eigenvalue weighted by molar-refractivity contribution is 7.91. The zero-order valence-corrected chi connectivity index (χ0v) is 16.7. The van der Waals surface area contributed by atoms with E-state index in [1.54, 1.807) is 18.2 Å². The third kappa shape index (κ3) is 3.42. The van der Waals surface area contributed by atoms with Crippen molar-refractivity contribution in [2.75, 3.05) is 18.0 Å². The van der Waals surface area contributed by atoms with Crippen molar-refractivity contribution in [3.8, 4) is 0 Å². The molecule has 1 fully saturated rings. The van der Waals surface area contributed by atoms with Crippen LogP contribution in [0.5, 0.6) is 0 Å². The molecule has 0 N–H and O–H groups in total. The molecule has 4 rings (SSSR count). The Kier molecular flexibility index (Phi) is 4.82. The van der Waals surface area contributed by atoms with Gasteiger partial charge in [0.25, 0.3) is 0 Å². The van der Waals surface area contributed by atoms with E-state index in [-0.39, 0.29) is 9.79 Å². The minimum absolute atomic E-state index is 0.253. The predicted molar refractivity (Wildman–Crippen MR) is 109 cm³/mol. The van der Waals surface area contributed by atoms with Crippen LogP contribution in [0, 0.1) is 6.92 Å². The van der Waals surface area contributed by atoms with Gasteiger partial charge in [0.05, 0.1) is 16.1 Å². The van der Waals surface area contributed by atoms with Gasteiger partial charge in [0.1, 0.15) is 4.90 Å². The van der Waals surface area contributed by atoms with E-state index in [9.17, 15) is 8.42 Å². The van der Waals surface area contributed by atoms with Gasteiger partial charge >= 0.3 is 0 Å². The SMILES string of the molecule is Cc1ccc(S(=O)(=O)c2cnc3ccc(Cl)cc3c2N2CCCCC2)cc1. The number of nitrogens with zero attached hydrogens (tertiary/aromatic N) is 2. The summed E-state index contributed by atoms with van der Waals surface area (Å²) in [5.74, 6) is 0. The lowest BCUT2D eigenvalue weighted by Gasteiger charge is -2.31. The molecule has 1 aliphatic rings. The molecule has 2 aromatic carbocycles. The molecule has 0 aliphatic carbocycles. The molecule has 4 nitrogen and oxygen atoms in total. The Hall–Kier alpha value is -2.11. The topological polar surface area (TPSA) is 50.3 Å². The van der Waals surface area contributed by atoms with Crippen LogP contribution >= 0.6 is 11.6 Å². The summed E-state index contributed by atoms with van der Waals surface area (Å²) in [6, 6.07) is 12.4. The van der Waals surface area contributed by atoms with E-state index in [0.717, 1.165) is 48.1 Å². The summed E-state index contributed by atoms with van der Waals surface area (Å²) in [6.07, 6.45) is 4.76. The second-order valence-corrected chi connectivity index (χ2v) is 9.35. The summed E-state index contributed by atoms with van der Waals surface area (Å²) in [5.41, 5.74) is 2.50. The number of hydrogen-bond donors (Lipinski definition) is 0. The van der Waals surface area contributed by atoms with Gasteiger partial charge in [-0.2, -0.15) is 0 Å². The number of aromatic nitrogens is 1. The van der Waals surface area contributed by atoms with Crippen molar-refractivity contribution in [1.82, 2.24) is 4.98 Å². The van der Waals surface area contributed by atoms with Crippen LogP contribution in [0.3, 0.4) is 0 Å². The first-order valence-electron chi connectivity index (χ1n) is 9.12. The molecule has 0 atom stereocenters. The Morgan fingerprint density at radius 1 is 1.00 bits per heavy atom. The van der Waals surface area contributed by atoms with Gasteiger partial charge in [-0.25, -0.2) is 8.42 Å². The molecule has 0 saturated carbocycles. The molecule has 0 amide bonds. The Balaban J connectivity index is 1.98. The maximum atomic E-state index is 13.4. The molecule has 6 heteroatoms. The molecule has 1 saturated heterocycles. The number of fused-ring (bicyclic) bond motifs is 1. The summed E-state index contributed by atoms with van der Waals surface area (Å²) < 4.78 is 26.9. The molecule has 1 aromatic heterocycles. The minimum Gasteiger partial charge on any atom is -0.370 e. The van der Waals surface area contributed by atoms with Crippen LogP contribution in [0.15, 0.2) is 58.5 Å². The van der Waals surface area contributed by atoms with Gasteiger partial charge in [-0.3, -0.25) is 4.98 Å². The maximum Gasteiger partial charge on any atom is 0.210 e. The van der Waals surface area contributed by atoms with Gasteiger partial charge < -0.3 is 4.90 Å². The van der Waals surface area contributed by atoms with Crippen LogP contribution in [0.2, 0.25) is 5.02 Å². The molecule has 140 valence electrons. The lowest BCUT2D eigenvalue weighted by Crippen LogP contribution is -2.31. The number of piperidine rings is 1. The van der Waals surface area contributed by atoms with Crippen molar-refractivity contribution in [1.29, 1.82) is 0 Å². The highest BCUT2D eigenvalue weighted by Crippen LogP contribution is 2.38. The van der Waals surface area contributed by atoms with Gasteiger partial charge in [0.2, 0.25) is 9.84 Å². The molecule has 1 aliphatic heterocycles. The van der Waals surface area contributed by atoms with E-state index >= 15 is 0 Å². The maximum absolute atomic E-state index is 13.4. The second-order valence-electron chi connectivity index (χ2n) is 7.00. The molecular formula is C21H21ClN2O2S. The molecule has 0 spiro atoms. The number of hydrogen-bond acceptors (Lipinski definition) is 4. The average Bonchev–Trinajstić information content (AvgIpc) is 2.68. The van der Waals surface area contributed by atoms with Crippen molar-refractivity contribution in [3.63, 3.8) is 0 Å². The molecule has 0 unspecified atom stereocenters. The first kappa shape index (κ1) is 18.3. The molecular weight excluding hydrogens is 380 g/mol. The third-order valence-corrected chi connectivity index (χ3v) is 7.07. The zero-order valence-electron chi connectivity index (χ0n) is 15.2. The Labute approximate surface area is 164 Å². The van der Waals surface area contributed by atoms with Crippen LogP contribution in [-0.4, -0.2) is 26.5 Å². The number of halogens is 1. The number of sulfone groups is 1. The number of aryl methyl sites for hydroxylation is 1. The van der Waals surface area contributed by atoms with Crippen LogP contribution in [0.4, 0.5) is 5.69 Å². The molecule has 0 bridgehead atoms. The smallest absolute Gasteiger partial charge is 0.210 e. The summed E-state index contributed by atoms with van der Waals surface area (Å²) in [4.78, 5) is 7.13. The van der Waals surface area contributed by atoms with Gasteiger partial charge in [0.15, 0.2) is 0 Å². The van der Waals surface area contributed by atoms with Crippen molar-refractivity contribution in [2.24, 2.45) is 0 Å². The highest BCUT2D eigenvalue weighted by Gasteiger charge is 2.27. The van der Waals surface area contributed by atoms with Crippen molar-refractivity contribution >= 4 is 38.0 Å². The van der Waals surface area contributed by atoms with Crippen molar-refractivity contribution in [3.05, 3.63) is 59.2 Å². The Morgan fingerprint density at radius 2 is 1.70 bits per heavy atom. The second kappa shape index (κ2) is 7.13. The summed E-state index contributed by atoms with van der Waals surface area (Å²) in [6.45, 7) is 3.61. The predicted octanol–water partition coefficient (Wildman–Crippen LogP) is 5.02. The summed E-state index contributed by atoms with van der Waals surface area (Å²) in [5, 5.41) is 1.37. The average molecular weight is 401 g/mol. The fourth-order valence-electron chi connectivity index (χ4n) is 3.62. The fourth-order valence-corrected chi connectivity index (χ4v) is 5.22. The normalized spacial score (nSPS) is 15.3. The number of anilines is 1. The largest absolute Gasteiger partial charge is 0.370 e. The third-order valence-electron chi connectivity index (χ3n) is 5.06. The van der Waals surface area contributed by atoms with Gasteiger partial charge in [-0.1, -0.05) is 29.3 Å². The van der Waals surface area contributed by atoms with E-state index in [2.05, 4.69) is 9.88 Å². The lowest BCUT2D eigenvalue weighted by atomic mass is 10.1. The zero-order chi connectivity index (χ0) is 19.0. The molecule has 27 heavy (non-hydrogen) atoms. The van der Waals surface area contributed by atoms with Gasteiger partial charge in [-0.15, -0.1) is 0 Å². The summed E-state index contributed by atoms with van der Waals surface area (Å²) in [7, 11) is -3.69. The molecule has 0 radical (unpaired) electrons. The van der Waals surface area contributed by atoms with Crippen molar-refractivity contribution in [2.45, 2.75) is 36.0 Å². The van der Waals surface area contributed by atoms with Crippen LogP contribution in [0.1, 0.15) is 24.8 Å². The van der Waals surface area contributed by atoms with Gasteiger partial charge in [0, 0.05) is 29.7 Å². The standard InChI is InChI=1S/C21H21ClN2O2S/c1-15-5-8-17(9-6-15)27(25,26)20-14-23-19-10-7-16(22)13-18(19)21(20)24-11-3-2-4-12-24/h5-10,13-14H,2-4,11-12H2,1H3. The lowest BCUT2D eigenvalue weighted by molar-refractivity contribution is 0.572. The fraction of sp³-hybridized carbons (Fsp3) is 0.286. The first-order chi connectivity index (χ1) is 13.0. The van der Waals surface area contributed by atoms with Crippen molar-refractivity contribution < 1.29 is 8.42 Å². The monoisotopic (exact) mass is 400 g/mol. The van der Waals surface area contributed by atoms with Crippen LogP contribution < -0.4 is 4.90 Å². The number of benzene rings is 2. The van der Waals surface area contributed by atoms with Crippen LogP contribution in [-0.2, 0) is 9.84 Å². The van der Waals surface area contributed by atoms with E-state index in [1.165, 1.54) is 12.6 Å². The van der Waals surface area contributed by atoms with E-state index in [4.69, 9.17) is 11.6 Å². The van der Waals surface area contributed by atoms with E-state index < -0.39 is 9.84 Å². The Morgan fingerprint density at radius 3 is 2.41 bits per heavy atom. The van der Waals surface area contributed by atoms with Crippen LogP contribution in [0.25, 0.3) is 10.9 Å². The quantitative estimate of drug-likeness (QED) is 0.619.